The lowest BCUT2D eigenvalue weighted by molar-refractivity contribution is 0.744. The van der Waals surface area contributed by atoms with E-state index >= 15 is 0 Å². The maximum atomic E-state index is 4.74. The van der Waals surface area contributed by atoms with Crippen LogP contribution in [0.1, 0.15) is 63.4 Å². The molecule has 0 saturated heterocycles. The molecule has 1 radical (unpaired) electrons. The van der Waals surface area contributed by atoms with E-state index in [-0.39, 0.29) is 0 Å². The van der Waals surface area contributed by atoms with E-state index in [4.69, 9.17) is 4.98 Å². The number of rotatable bonds is 7. The molecule has 0 bridgehead atoms. The summed E-state index contributed by atoms with van der Waals surface area (Å²) in [7, 11) is 0. The normalized spacial score (nSPS) is 10.7. The van der Waals surface area contributed by atoms with E-state index in [0.717, 1.165) is 12.8 Å². The van der Waals surface area contributed by atoms with Crippen molar-refractivity contribution < 1.29 is 0 Å². The highest BCUT2D eigenvalue weighted by atomic mass is 14.7. The monoisotopic (exact) mass is 218 g/mol. The van der Waals surface area contributed by atoms with E-state index in [1.807, 2.05) is 0 Å². The highest BCUT2D eigenvalue weighted by Crippen LogP contribution is 2.12. The molecule has 1 nitrogen and oxygen atoms in total. The Bertz CT molecular complexity index is 278. The zero-order chi connectivity index (χ0) is 11.8. The van der Waals surface area contributed by atoms with Crippen molar-refractivity contribution in [1.29, 1.82) is 0 Å². The smallest absolute Gasteiger partial charge is 0.0409 e. The van der Waals surface area contributed by atoms with Crippen LogP contribution in [0.4, 0.5) is 0 Å². The van der Waals surface area contributed by atoms with Gasteiger partial charge in [-0.15, -0.1) is 0 Å². The first-order valence-electron chi connectivity index (χ1n) is 6.59. The first-order chi connectivity index (χ1) is 7.80. The molecule has 1 heterocycles. The second-order valence-corrected chi connectivity index (χ2v) is 4.38. The Labute approximate surface area is 100 Å². The summed E-state index contributed by atoms with van der Waals surface area (Å²) < 4.78 is 0. The molecule has 1 heteroatoms. The maximum absolute atomic E-state index is 4.74. The van der Waals surface area contributed by atoms with Crippen molar-refractivity contribution in [3.63, 3.8) is 0 Å². The fourth-order valence-electron chi connectivity index (χ4n) is 1.81. The molecular weight excluding hydrogens is 194 g/mol. The van der Waals surface area contributed by atoms with Crippen molar-refractivity contribution in [3.05, 3.63) is 35.5 Å². The van der Waals surface area contributed by atoms with Gasteiger partial charge in [0.05, 0.1) is 0 Å². The van der Waals surface area contributed by atoms with Crippen LogP contribution >= 0.6 is 0 Å². The van der Waals surface area contributed by atoms with Gasteiger partial charge < -0.3 is 0 Å². The van der Waals surface area contributed by atoms with Gasteiger partial charge in [0.1, 0.15) is 0 Å². The topological polar surface area (TPSA) is 12.9 Å². The SMILES string of the molecule is C[CH]c1cc(CCCC)nc(CCCC)c1. The average Bonchev–Trinajstić information content (AvgIpc) is 2.33. The second-order valence-electron chi connectivity index (χ2n) is 4.38. The molecule has 1 aromatic heterocycles. The number of hydrogen-bond acceptors (Lipinski definition) is 1. The molecule has 0 amide bonds. The summed E-state index contributed by atoms with van der Waals surface area (Å²) in [5.41, 5.74) is 3.86. The Hall–Kier alpha value is -0.850. The lowest BCUT2D eigenvalue weighted by atomic mass is 10.1. The van der Waals surface area contributed by atoms with E-state index in [0.29, 0.717) is 0 Å². The molecule has 0 aliphatic carbocycles. The van der Waals surface area contributed by atoms with Gasteiger partial charge in [-0.05, 0) is 49.8 Å². The molecule has 0 N–H and O–H groups in total. The molecule has 0 aliphatic heterocycles. The number of aromatic nitrogens is 1. The fourth-order valence-corrected chi connectivity index (χ4v) is 1.81. The van der Waals surface area contributed by atoms with Crippen molar-refractivity contribution in [2.45, 2.75) is 59.3 Å². The van der Waals surface area contributed by atoms with Crippen LogP contribution in [0.25, 0.3) is 0 Å². The summed E-state index contributed by atoms with van der Waals surface area (Å²) in [5, 5.41) is 0. The molecule has 0 atom stereocenters. The Kier molecular flexibility index (Phi) is 6.14. The van der Waals surface area contributed by atoms with Crippen molar-refractivity contribution in [2.24, 2.45) is 0 Å². The average molecular weight is 218 g/mol. The predicted molar refractivity (Wildman–Crippen MR) is 70.5 cm³/mol. The van der Waals surface area contributed by atoms with Gasteiger partial charge in [0.25, 0.3) is 0 Å². The first kappa shape index (κ1) is 13.2. The van der Waals surface area contributed by atoms with Crippen LogP contribution in [0, 0.1) is 6.42 Å². The minimum atomic E-state index is 1.12. The molecule has 1 aromatic rings. The molecule has 16 heavy (non-hydrogen) atoms. The molecule has 89 valence electrons. The van der Waals surface area contributed by atoms with Crippen molar-refractivity contribution >= 4 is 0 Å². The molecule has 0 unspecified atom stereocenters. The van der Waals surface area contributed by atoms with Crippen LogP contribution in [-0.2, 0) is 12.8 Å². The van der Waals surface area contributed by atoms with Gasteiger partial charge in [-0.25, -0.2) is 0 Å². The third-order valence-corrected chi connectivity index (χ3v) is 2.86. The Morgan fingerprint density at radius 3 is 1.88 bits per heavy atom. The third-order valence-electron chi connectivity index (χ3n) is 2.86. The van der Waals surface area contributed by atoms with Crippen LogP contribution in [0.15, 0.2) is 12.1 Å². The van der Waals surface area contributed by atoms with Crippen LogP contribution < -0.4 is 0 Å². The Balaban J connectivity index is 2.74. The predicted octanol–water partition coefficient (Wildman–Crippen LogP) is 4.34. The maximum Gasteiger partial charge on any atom is 0.0409 e. The molecule has 0 fully saturated rings. The van der Waals surface area contributed by atoms with Gasteiger partial charge >= 0.3 is 0 Å². The number of nitrogens with zero attached hydrogens (tertiary/aromatic N) is 1. The van der Waals surface area contributed by atoms with E-state index < -0.39 is 0 Å². The van der Waals surface area contributed by atoms with Crippen LogP contribution in [-0.4, -0.2) is 4.98 Å². The van der Waals surface area contributed by atoms with Crippen molar-refractivity contribution in [2.75, 3.05) is 0 Å². The van der Waals surface area contributed by atoms with Gasteiger partial charge in [0.2, 0.25) is 0 Å². The van der Waals surface area contributed by atoms with Gasteiger partial charge in [0.15, 0.2) is 0 Å². The van der Waals surface area contributed by atoms with Gasteiger partial charge in [-0.2, -0.15) is 0 Å². The lowest BCUT2D eigenvalue weighted by Crippen LogP contribution is -1.98. The number of aryl methyl sites for hydroxylation is 2. The standard InChI is InChI=1S/C15H24N/c1-4-7-9-14-11-13(6-3)12-15(16-14)10-8-5-2/h6,11-12H,4-5,7-10H2,1-3H3. The van der Waals surface area contributed by atoms with E-state index in [2.05, 4.69) is 39.3 Å². The minimum absolute atomic E-state index is 1.12. The van der Waals surface area contributed by atoms with Crippen LogP contribution in [0.5, 0.6) is 0 Å². The van der Waals surface area contributed by atoms with E-state index in [1.54, 1.807) is 0 Å². The third kappa shape index (κ3) is 4.34. The molecule has 0 aliphatic rings. The summed E-state index contributed by atoms with van der Waals surface area (Å²) in [6.45, 7) is 6.56. The summed E-state index contributed by atoms with van der Waals surface area (Å²) in [5.74, 6) is 0. The van der Waals surface area contributed by atoms with Crippen LogP contribution in [0.3, 0.4) is 0 Å². The fraction of sp³-hybridized carbons (Fsp3) is 0.600. The van der Waals surface area contributed by atoms with Gasteiger partial charge in [0, 0.05) is 11.4 Å². The van der Waals surface area contributed by atoms with E-state index in [1.165, 1.54) is 42.6 Å². The minimum Gasteiger partial charge on any atom is -0.258 e. The van der Waals surface area contributed by atoms with Crippen molar-refractivity contribution in [3.8, 4) is 0 Å². The first-order valence-corrected chi connectivity index (χ1v) is 6.59. The largest absolute Gasteiger partial charge is 0.258 e. The number of hydrogen-bond donors (Lipinski definition) is 0. The quantitative estimate of drug-likeness (QED) is 0.663. The zero-order valence-electron chi connectivity index (χ0n) is 10.9. The van der Waals surface area contributed by atoms with Crippen molar-refractivity contribution in [1.82, 2.24) is 4.98 Å². The zero-order valence-corrected chi connectivity index (χ0v) is 10.9. The van der Waals surface area contributed by atoms with Crippen LogP contribution in [0.2, 0.25) is 0 Å². The summed E-state index contributed by atoms with van der Waals surface area (Å²) in [4.78, 5) is 4.74. The Morgan fingerprint density at radius 2 is 1.50 bits per heavy atom. The number of unbranched alkanes of at least 4 members (excludes halogenated alkanes) is 2. The molecule has 0 saturated carbocycles. The number of pyridine rings is 1. The van der Waals surface area contributed by atoms with Gasteiger partial charge in [-0.3, -0.25) is 4.98 Å². The summed E-state index contributed by atoms with van der Waals surface area (Å²) >= 11 is 0. The van der Waals surface area contributed by atoms with E-state index in [9.17, 15) is 0 Å². The van der Waals surface area contributed by atoms with Gasteiger partial charge in [-0.1, -0.05) is 33.6 Å². The highest BCUT2D eigenvalue weighted by molar-refractivity contribution is 5.27. The molecule has 0 spiro atoms. The molecule has 0 aromatic carbocycles. The highest BCUT2D eigenvalue weighted by Gasteiger charge is 2.02. The second kappa shape index (κ2) is 7.43. The molecular formula is C15H24N. The summed E-state index contributed by atoms with van der Waals surface area (Å²) in [6.07, 6.45) is 9.39. The lowest BCUT2D eigenvalue weighted by Gasteiger charge is -2.07. The Morgan fingerprint density at radius 1 is 1.00 bits per heavy atom. The summed E-state index contributed by atoms with van der Waals surface area (Å²) in [6, 6.07) is 4.45. The molecule has 1 rings (SSSR count).